The highest BCUT2D eigenvalue weighted by atomic mass is 79.9. The Bertz CT molecular complexity index is 1120. The van der Waals surface area contributed by atoms with E-state index >= 15 is 0 Å². The number of halogens is 3. The molecule has 10 heteroatoms. The van der Waals surface area contributed by atoms with E-state index in [4.69, 9.17) is 0 Å². The maximum Gasteiger partial charge on any atom is 0.243 e. The van der Waals surface area contributed by atoms with E-state index in [0.29, 0.717) is 47.9 Å². The molecule has 0 spiro atoms. The molecular weight excluding hydrogens is 496 g/mol. The predicted octanol–water partition coefficient (Wildman–Crippen LogP) is 4.49. The van der Waals surface area contributed by atoms with Gasteiger partial charge < -0.3 is 4.90 Å². The maximum absolute atomic E-state index is 13.5. The minimum Gasteiger partial charge on any atom is -0.345 e. The average molecular weight is 514 g/mol. The van der Waals surface area contributed by atoms with Gasteiger partial charge in [0.2, 0.25) is 10.0 Å². The molecule has 0 N–H and O–H groups in total. The molecule has 158 valence electrons. The molecule has 30 heavy (non-hydrogen) atoms. The number of anilines is 1. The summed E-state index contributed by atoms with van der Waals surface area (Å²) in [6.07, 6.45) is 0. The standard InChI is InChI=1S/C20H18BrF2N3O2S2/c21-12-14-1-3-18(4-2-14)30(27,28)26-7-5-25(6-8-26)20-24-19(13-29-20)15-9-16(22)11-17(23)10-15/h1-4,9-11,13H,5-8,12H2. The van der Waals surface area contributed by atoms with Crippen LogP contribution < -0.4 is 4.90 Å². The molecule has 0 aliphatic carbocycles. The molecule has 0 unspecified atom stereocenters. The molecule has 0 amide bonds. The highest BCUT2D eigenvalue weighted by molar-refractivity contribution is 9.08. The molecule has 0 atom stereocenters. The largest absolute Gasteiger partial charge is 0.345 e. The molecule has 2 heterocycles. The first kappa shape index (κ1) is 21.4. The van der Waals surface area contributed by atoms with Crippen LogP contribution in [-0.4, -0.2) is 43.9 Å². The van der Waals surface area contributed by atoms with Gasteiger partial charge in [-0.05, 0) is 29.8 Å². The SMILES string of the molecule is O=S(=O)(c1ccc(CBr)cc1)N1CCN(c2nc(-c3cc(F)cc(F)c3)cs2)CC1. The second-order valence-electron chi connectivity index (χ2n) is 6.84. The Morgan fingerprint density at radius 2 is 1.63 bits per heavy atom. The van der Waals surface area contributed by atoms with Gasteiger partial charge in [0, 0.05) is 48.5 Å². The molecule has 4 rings (SSSR count). The van der Waals surface area contributed by atoms with E-state index in [0.717, 1.165) is 11.6 Å². The second-order valence-corrected chi connectivity index (χ2v) is 10.2. The summed E-state index contributed by atoms with van der Waals surface area (Å²) in [6.45, 7) is 1.66. The number of alkyl halides is 1. The first-order valence-electron chi connectivity index (χ1n) is 9.19. The summed E-state index contributed by atoms with van der Waals surface area (Å²) in [5.74, 6) is -1.30. The van der Waals surface area contributed by atoms with Gasteiger partial charge in [-0.25, -0.2) is 22.2 Å². The van der Waals surface area contributed by atoms with Crippen molar-refractivity contribution >= 4 is 42.4 Å². The molecule has 1 aliphatic heterocycles. The van der Waals surface area contributed by atoms with Crippen molar-refractivity contribution in [1.82, 2.24) is 9.29 Å². The molecule has 1 aromatic heterocycles. The van der Waals surface area contributed by atoms with Gasteiger partial charge in [0.05, 0.1) is 10.6 Å². The normalized spacial score (nSPS) is 15.5. The first-order valence-corrected chi connectivity index (χ1v) is 12.6. The summed E-state index contributed by atoms with van der Waals surface area (Å²) in [7, 11) is -3.55. The van der Waals surface area contributed by atoms with Gasteiger partial charge in [0.1, 0.15) is 11.6 Å². The fourth-order valence-corrected chi connectivity index (χ4v) is 5.95. The van der Waals surface area contributed by atoms with Crippen LogP contribution in [0.3, 0.4) is 0 Å². The Hall–Kier alpha value is -1.88. The van der Waals surface area contributed by atoms with E-state index in [1.54, 1.807) is 29.6 Å². The summed E-state index contributed by atoms with van der Waals surface area (Å²) in [6, 6.07) is 10.2. The van der Waals surface area contributed by atoms with Gasteiger partial charge in [0.15, 0.2) is 5.13 Å². The quantitative estimate of drug-likeness (QED) is 0.471. The van der Waals surface area contributed by atoms with Gasteiger partial charge in [-0.1, -0.05) is 28.1 Å². The van der Waals surface area contributed by atoms with Gasteiger partial charge in [-0.2, -0.15) is 4.31 Å². The van der Waals surface area contributed by atoms with Crippen molar-refractivity contribution in [1.29, 1.82) is 0 Å². The summed E-state index contributed by atoms with van der Waals surface area (Å²) in [4.78, 5) is 6.76. The van der Waals surface area contributed by atoms with E-state index in [9.17, 15) is 17.2 Å². The minimum absolute atomic E-state index is 0.283. The van der Waals surface area contributed by atoms with Gasteiger partial charge in [-0.15, -0.1) is 11.3 Å². The lowest BCUT2D eigenvalue weighted by Crippen LogP contribution is -2.48. The summed E-state index contributed by atoms with van der Waals surface area (Å²) in [5.41, 5.74) is 1.88. The molecule has 0 radical (unpaired) electrons. The molecule has 5 nitrogen and oxygen atoms in total. The fraction of sp³-hybridized carbons (Fsp3) is 0.250. The Morgan fingerprint density at radius 3 is 2.23 bits per heavy atom. The Morgan fingerprint density at radius 1 is 1.00 bits per heavy atom. The molecular formula is C20H18BrF2N3O2S2. The smallest absolute Gasteiger partial charge is 0.243 e. The Balaban J connectivity index is 1.45. The highest BCUT2D eigenvalue weighted by Gasteiger charge is 2.29. The minimum atomic E-state index is -3.55. The van der Waals surface area contributed by atoms with Crippen molar-refractivity contribution < 1.29 is 17.2 Å². The second kappa shape index (κ2) is 8.70. The maximum atomic E-state index is 13.5. The van der Waals surface area contributed by atoms with E-state index in [1.165, 1.54) is 27.8 Å². The molecule has 0 bridgehead atoms. The zero-order valence-electron chi connectivity index (χ0n) is 15.8. The topological polar surface area (TPSA) is 53.5 Å². The van der Waals surface area contributed by atoms with Crippen molar-refractivity contribution in [3.05, 3.63) is 65.0 Å². The third-order valence-electron chi connectivity index (χ3n) is 4.87. The lowest BCUT2D eigenvalue weighted by Gasteiger charge is -2.33. The number of nitrogens with zero attached hydrogens (tertiary/aromatic N) is 3. The van der Waals surface area contributed by atoms with E-state index in [1.807, 2.05) is 4.90 Å². The van der Waals surface area contributed by atoms with Crippen molar-refractivity contribution in [2.45, 2.75) is 10.2 Å². The molecule has 2 aromatic carbocycles. The number of benzene rings is 2. The summed E-state index contributed by atoms with van der Waals surface area (Å²) < 4.78 is 54.2. The highest BCUT2D eigenvalue weighted by Crippen LogP contribution is 2.29. The van der Waals surface area contributed by atoms with Crippen molar-refractivity contribution in [2.24, 2.45) is 0 Å². The van der Waals surface area contributed by atoms with Crippen LogP contribution in [0.25, 0.3) is 11.3 Å². The van der Waals surface area contributed by atoms with E-state index in [-0.39, 0.29) is 4.90 Å². The van der Waals surface area contributed by atoms with Crippen LogP contribution in [0.1, 0.15) is 5.56 Å². The van der Waals surface area contributed by atoms with Crippen LogP contribution in [0.5, 0.6) is 0 Å². The summed E-state index contributed by atoms with van der Waals surface area (Å²) in [5, 5.41) is 3.12. The zero-order chi connectivity index (χ0) is 21.3. The van der Waals surface area contributed by atoms with Crippen LogP contribution in [-0.2, 0) is 15.4 Å². The average Bonchev–Trinajstić information content (AvgIpc) is 3.23. The fourth-order valence-electron chi connectivity index (χ4n) is 3.26. The molecule has 3 aromatic rings. The van der Waals surface area contributed by atoms with Gasteiger partial charge in [-0.3, -0.25) is 0 Å². The van der Waals surface area contributed by atoms with Crippen LogP contribution in [0.4, 0.5) is 13.9 Å². The molecule has 1 fully saturated rings. The summed E-state index contributed by atoms with van der Waals surface area (Å²) >= 11 is 4.72. The third kappa shape index (κ3) is 4.41. The third-order valence-corrected chi connectivity index (χ3v) is 8.34. The Labute approximate surface area is 186 Å². The number of rotatable bonds is 5. The van der Waals surface area contributed by atoms with E-state index < -0.39 is 21.7 Å². The molecule has 0 saturated carbocycles. The number of thiazole rings is 1. The van der Waals surface area contributed by atoms with Crippen LogP contribution in [0.15, 0.2) is 52.7 Å². The molecule has 1 saturated heterocycles. The van der Waals surface area contributed by atoms with Gasteiger partial charge >= 0.3 is 0 Å². The number of hydrogen-bond acceptors (Lipinski definition) is 5. The number of aromatic nitrogens is 1. The molecule has 1 aliphatic rings. The number of hydrogen-bond donors (Lipinski definition) is 0. The van der Waals surface area contributed by atoms with Crippen molar-refractivity contribution in [2.75, 3.05) is 31.1 Å². The number of sulfonamides is 1. The van der Waals surface area contributed by atoms with Gasteiger partial charge in [0.25, 0.3) is 0 Å². The Kier molecular flexibility index (Phi) is 6.19. The first-order chi connectivity index (χ1) is 14.4. The van der Waals surface area contributed by atoms with Crippen LogP contribution in [0.2, 0.25) is 0 Å². The van der Waals surface area contributed by atoms with E-state index in [2.05, 4.69) is 20.9 Å². The van der Waals surface area contributed by atoms with Crippen molar-refractivity contribution in [3.63, 3.8) is 0 Å². The lowest BCUT2D eigenvalue weighted by molar-refractivity contribution is 0.385. The van der Waals surface area contributed by atoms with Crippen molar-refractivity contribution in [3.8, 4) is 11.3 Å². The number of piperazine rings is 1. The zero-order valence-corrected chi connectivity index (χ0v) is 19.0. The predicted molar refractivity (Wildman–Crippen MR) is 118 cm³/mol. The van der Waals surface area contributed by atoms with Crippen LogP contribution >= 0.6 is 27.3 Å². The monoisotopic (exact) mass is 513 g/mol. The lowest BCUT2D eigenvalue weighted by atomic mass is 10.1. The van der Waals surface area contributed by atoms with Crippen LogP contribution in [0, 0.1) is 11.6 Å².